The quantitative estimate of drug-likeness (QED) is 0.697. The maximum atomic E-state index is 5.70. The van der Waals surface area contributed by atoms with Gasteiger partial charge in [0.25, 0.3) is 0 Å². The standard InChI is InChI=1S/C12H15N/c13-9-12(11-6-7-11)8-10-4-2-1-3-5-10/h1-5H,6-9,13H2. The summed E-state index contributed by atoms with van der Waals surface area (Å²) in [5.74, 6) is 0. The summed E-state index contributed by atoms with van der Waals surface area (Å²) in [4.78, 5) is 0. The second-order valence-corrected chi connectivity index (χ2v) is 3.57. The molecule has 2 N–H and O–H groups in total. The van der Waals surface area contributed by atoms with E-state index in [1.54, 1.807) is 5.57 Å². The minimum atomic E-state index is 0.726. The van der Waals surface area contributed by atoms with Gasteiger partial charge in [-0.1, -0.05) is 41.5 Å². The van der Waals surface area contributed by atoms with Crippen molar-refractivity contribution >= 4 is 0 Å². The molecule has 1 fully saturated rings. The van der Waals surface area contributed by atoms with E-state index in [2.05, 4.69) is 30.3 Å². The normalized spacial score (nSPS) is 14.4. The van der Waals surface area contributed by atoms with Crippen LogP contribution in [0.1, 0.15) is 18.4 Å². The van der Waals surface area contributed by atoms with Gasteiger partial charge in [-0.25, -0.2) is 0 Å². The highest BCUT2D eigenvalue weighted by Gasteiger charge is 2.16. The topological polar surface area (TPSA) is 26.0 Å². The molecule has 0 aromatic heterocycles. The van der Waals surface area contributed by atoms with Crippen LogP contribution in [-0.4, -0.2) is 6.54 Å². The van der Waals surface area contributed by atoms with Crippen molar-refractivity contribution in [2.24, 2.45) is 5.73 Å². The monoisotopic (exact) mass is 173 g/mol. The van der Waals surface area contributed by atoms with Crippen molar-refractivity contribution in [2.45, 2.75) is 19.3 Å². The van der Waals surface area contributed by atoms with Gasteiger partial charge in [-0.05, 0) is 24.8 Å². The third kappa shape index (κ3) is 2.19. The molecular weight excluding hydrogens is 158 g/mol. The summed E-state index contributed by atoms with van der Waals surface area (Å²) in [6, 6.07) is 10.6. The predicted molar refractivity (Wildman–Crippen MR) is 55.5 cm³/mol. The summed E-state index contributed by atoms with van der Waals surface area (Å²) in [6.07, 6.45) is 3.60. The fraction of sp³-hybridized carbons (Fsp3) is 0.333. The SMILES string of the molecule is NCC(Cc1ccccc1)=C1CC1. The van der Waals surface area contributed by atoms with Crippen LogP contribution < -0.4 is 5.73 Å². The van der Waals surface area contributed by atoms with Crippen LogP contribution in [0.4, 0.5) is 0 Å². The molecule has 1 aromatic rings. The van der Waals surface area contributed by atoms with Crippen molar-refractivity contribution in [3.8, 4) is 0 Å². The van der Waals surface area contributed by atoms with Gasteiger partial charge in [0.1, 0.15) is 0 Å². The fourth-order valence-corrected chi connectivity index (χ4v) is 1.60. The molecule has 1 aliphatic rings. The lowest BCUT2D eigenvalue weighted by molar-refractivity contribution is 1.03. The first-order valence-corrected chi connectivity index (χ1v) is 4.84. The van der Waals surface area contributed by atoms with Crippen LogP contribution in [-0.2, 0) is 6.42 Å². The van der Waals surface area contributed by atoms with Crippen molar-refractivity contribution in [2.75, 3.05) is 6.54 Å². The molecule has 0 aliphatic heterocycles. The van der Waals surface area contributed by atoms with Gasteiger partial charge in [0, 0.05) is 6.54 Å². The van der Waals surface area contributed by atoms with Gasteiger partial charge in [0.15, 0.2) is 0 Å². The van der Waals surface area contributed by atoms with Crippen molar-refractivity contribution in [1.29, 1.82) is 0 Å². The lowest BCUT2D eigenvalue weighted by Crippen LogP contribution is -2.05. The van der Waals surface area contributed by atoms with Crippen molar-refractivity contribution < 1.29 is 0 Å². The van der Waals surface area contributed by atoms with Gasteiger partial charge < -0.3 is 5.73 Å². The third-order valence-electron chi connectivity index (χ3n) is 2.51. The number of nitrogens with two attached hydrogens (primary N) is 1. The van der Waals surface area contributed by atoms with E-state index in [1.165, 1.54) is 24.0 Å². The van der Waals surface area contributed by atoms with Gasteiger partial charge in [0.05, 0.1) is 0 Å². The summed E-state index contributed by atoms with van der Waals surface area (Å²) in [6.45, 7) is 0.726. The Bertz CT molecular complexity index is 305. The molecule has 2 rings (SSSR count). The largest absolute Gasteiger partial charge is 0.327 e. The summed E-state index contributed by atoms with van der Waals surface area (Å²) < 4.78 is 0. The highest BCUT2D eigenvalue weighted by atomic mass is 14.5. The Balaban J connectivity index is 2.09. The maximum Gasteiger partial charge on any atom is 0.0142 e. The molecule has 1 saturated carbocycles. The molecule has 1 heteroatoms. The molecule has 1 aromatic carbocycles. The van der Waals surface area contributed by atoms with Gasteiger partial charge in [-0.15, -0.1) is 0 Å². The molecular formula is C12H15N. The Kier molecular flexibility index (Phi) is 2.46. The number of rotatable bonds is 3. The van der Waals surface area contributed by atoms with Crippen LogP contribution in [0.2, 0.25) is 0 Å². The van der Waals surface area contributed by atoms with E-state index in [0.29, 0.717) is 0 Å². The predicted octanol–water partition coefficient (Wildman–Crippen LogP) is 2.28. The molecule has 0 unspecified atom stereocenters. The summed E-state index contributed by atoms with van der Waals surface area (Å²) >= 11 is 0. The fourth-order valence-electron chi connectivity index (χ4n) is 1.60. The van der Waals surface area contributed by atoms with E-state index in [0.717, 1.165) is 13.0 Å². The van der Waals surface area contributed by atoms with Gasteiger partial charge >= 0.3 is 0 Å². The number of benzene rings is 1. The first-order valence-electron chi connectivity index (χ1n) is 4.84. The van der Waals surface area contributed by atoms with Gasteiger partial charge in [0.2, 0.25) is 0 Å². The Hall–Kier alpha value is -1.08. The lowest BCUT2D eigenvalue weighted by Gasteiger charge is -2.03. The first kappa shape index (κ1) is 8.52. The molecule has 0 amide bonds. The molecule has 1 nitrogen and oxygen atoms in total. The molecule has 0 bridgehead atoms. The summed E-state index contributed by atoms with van der Waals surface area (Å²) in [5, 5.41) is 0. The van der Waals surface area contributed by atoms with E-state index in [-0.39, 0.29) is 0 Å². The van der Waals surface area contributed by atoms with Crippen molar-refractivity contribution in [3.63, 3.8) is 0 Å². The van der Waals surface area contributed by atoms with Crippen LogP contribution in [0.25, 0.3) is 0 Å². The van der Waals surface area contributed by atoms with E-state index < -0.39 is 0 Å². The van der Waals surface area contributed by atoms with Crippen molar-refractivity contribution in [1.82, 2.24) is 0 Å². The van der Waals surface area contributed by atoms with Crippen LogP contribution in [0, 0.1) is 0 Å². The Morgan fingerprint density at radius 3 is 2.38 bits per heavy atom. The smallest absolute Gasteiger partial charge is 0.0142 e. The third-order valence-corrected chi connectivity index (χ3v) is 2.51. The molecule has 0 radical (unpaired) electrons. The second kappa shape index (κ2) is 3.75. The molecule has 0 heterocycles. The van der Waals surface area contributed by atoms with Gasteiger partial charge in [-0.2, -0.15) is 0 Å². The highest BCUT2D eigenvalue weighted by Crippen LogP contribution is 2.32. The molecule has 1 aliphatic carbocycles. The zero-order valence-corrected chi connectivity index (χ0v) is 7.79. The van der Waals surface area contributed by atoms with Crippen LogP contribution in [0.15, 0.2) is 41.5 Å². The molecule has 0 spiro atoms. The second-order valence-electron chi connectivity index (χ2n) is 3.57. The van der Waals surface area contributed by atoms with E-state index in [9.17, 15) is 0 Å². The van der Waals surface area contributed by atoms with Crippen LogP contribution >= 0.6 is 0 Å². The van der Waals surface area contributed by atoms with Crippen LogP contribution in [0.3, 0.4) is 0 Å². The molecule has 0 atom stereocenters. The zero-order valence-electron chi connectivity index (χ0n) is 7.79. The van der Waals surface area contributed by atoms with E-state index in [1.807, 2.05) is 0 Å². The average molecular weight is 173 g/mol. The lowest BCUT2D eigenvalue weighted by atomic mass is 10.0. The number of hydrogen-bond donors (Lipinski definition) is 1. The number of hydrogen-bond acceptors (Lipinski definition) is 1. The minimum Gasteiger partial charge on any atom is -0.327 e. The van der Waals surface area contributed by atoms with Gasteiger partial charge in [-0.3, -0.25) is 0 Å². The van der Waals surface area contributed by atoms with E-state index in [4.69, 9.17) is 5.73 Å². The van der Waals surface area contributed by atoms with Crippen molar-refractivity contribution in [3.05, 3.63) is 47.0 Å². The summed E-state index contributed by atoms with van der Waals surface area (Å²) in [5.41, 5.74) is 10.1. The number of allylic oxidation sites excluding steroid dienone is 1. The zero-order chi connectivity index (χ0) is 9.10. The highest BCUT2D eigenvalue weighted by molar-refractivity contribution is 5.31. The Morgan fingerprint density at radius 1 is 1.15 bits per heavy atom. The molecule has 13 heavy (non-hydrogen) atoms. The average Bonchev–Trinajstić information content (AvgIpc) is 2.99. The Morgan fingerprint density at radius 2 is 1.85 bits per heavy atom. The minimum absolute atomic E-state index is 0.726. The first-order chi connectivity index (χ1) is 6.40. The van der Waals surface area contributed by atoms with E-state index >= 15 is 0 Å². The Labute approximate surface area is 79.3 Å². The van der Waals surface area contributed by atoms with Crippen LogP contribution in [0.5, 0.6) is 0 Å². The maximum absolute atomic E-state index is 5.70. The summed E-state index contributed by atoms with van der Waals surface area (Å²) in [7, 11) is 0. The molecule has 68 valence electrons. The molecule has 0 saturated heterocycles.